The summed E-state index contributed by atoms with van der Waals surface area (Å²) in [6.45, 7) is 6.40. The second-order valence-corrected chi connectivity index (χ2v) is 5.73. The molecule has 0 spiro atoms. The quantitative estimate of drug-likeness (QED) is 0.727. The van der Waals surface area contributed by atoms with Gasteiger partial charge in [-0.2, -0.15) is 0 Å². The molecule has 0 heterocycles. The Labute approximate surface area is 108 Å². The van der Waals surface area contributed by atoms with Crippen LogP contribution in [0.5, 0.6) is 0 Å². The van der Waals surface area contributed by atoms with E-state index in [1.165, 1.54) is 0 Å². The van der Waals surface area contributed by atoms with E-state index in [1.54, 1.807) is 14.0 Å². The van der Waals surface area contributed by atoms with Crippen molar-refractivity contribution in [3.63, 3.8) is 0 Å². The van der Waals surface area contributed by atoms with Crippen LogP contribution in [0, 0.1) is 16.7 Å². The number of hydrogen-bond acceptors (Lipinski definition) is 3. The van der Waals surface area contributed by atoms with Gasteiger partial charge >= 0.3 is 5.97 Å². The van der Waals surface area contributed by atoms with Gasteiger partial charge in [-0.05, 0) is 25.2 Å². The molecule has 5 nitrogen and oxygen atoms in total. The molecule has 0 aromatic carbocycles. The molecule has 1 aliphatic rings. The third kappa shape index (κ3) is 2.36. The molecule has 1 fully saturated rings. The lowest BCUT2D eigenvalue weighted by Crippen LogP contribution is -2.45. The van der Waals surface area contributed by atoms with E-state index in [2.05, 4.69) is 5.32 Å². The summed E-state index contributed by atoms with van der Waals surface area (Å²) in [4.78, 5) is 23.5. The third-order valence-electron chi connectivity index (χ3n) is 4.62. The summed E-state index contributed by atoms with van der Waals surface area (Å²) in [5.41, 5.74) is -1.38. The van der Waals surface area contributed by atoms with Crippen LogP contribution < -0.4 is 5.32 Å². The molecule has 5 heteroatoms. The maximum Gasteiger partial charge on any atom is 0.309 e. The summed E-state index contributed by atoms with van der Waals surface area (Å²) >= 11 is 0. The summed E-state index contributed by atoms with van der Waals surface area (Å²) in [6, 6.07) is 0. The Bertz CT molecular complexity index is 340. The van der Waals surface area contributed by atoms with Crippen molar-refractivity contribution >= 4 is 11.9 Å². The molecule has 0 aliphatic heterocycles. The zero-order chi connectivity index (χ0) is 14.0. The van der Waals surface area contributed by atoms with Crippen molar-refractivity contribution in [2.45, 2.75) is 33.6 Å². The number of aliphatic carboxylic acids is 1. The van der Waals surface area contributed by atoms with Crippen LogP contribution in [-0.4, -0.2) is 37.2 Å². The third-order valence-corrected chi connectivity index (χ3v) is 4.62. The van der Waals surface area contributed by atoms with Gasteiger partial charge in [-0.25, -0.2) is 0 Å². The van der Waals surface area contributed by atoms with Gasteiger partial charge in [0, 0.05) is 19.6 Å². The predicted octanol–water partition coefficient (Wildman–Crippen LogP) is 1.28. The van der Waals surface area contributed by atoms with Gasteiger partial charge in [0.1, 0.15) is 0 Å². The molecular weight excluding hydrogens is 234 g/mol. The average Bonchev–Trinajstić information content (AvgIpc) is 2.52. The van der Waals surface area contributed by atoms with Crippen LogP contribution >= 0.6 is 0 Å². The number of rotatable bonds is 5. The topological polar surface area (TPSA) is 75.6 Å². The first-order chi connectivity index (χ1) is 8.27. The zero-order valence-corrected chi connectivity index (χ0v) is 11.6. The lowest BCUT2D eigenvalue weighted by Gasteiger charge is -2.37. The lowest BCUT2D eigenvalue weighted by molar-refractivity contribution is -0.155. The maximum absolute atomic E-state index is 12.1. The Kier molecular flexibility index (Phi) is 4.37. The highest BCUT2D eigenvalue weighted by Crippen LogP contribution is 2.56. The summed E-state index contributed by atoms with van der Waals surface area (Å²) in [5.74, 6) is -1.14. The van der Waals surface area contributed by atoms with Crippen LogP contribution in [0.1, 0.15) is 33.6 Å². The highest BCUT2D eigenvalue weighted by Gasteiger charge is 2.58. The number of nitrogens with one attached hydrogen (secondary N) is 1. The molecular formula is C13H23NO4. The summed E-state index contributed by atoms with van der Waals surface area (Å²) in [7, 11) is 1.58. The summed E-state index contributed by atoms with van der Waals surface area (Å²) in [5, 5.41) is 12.2. The van der Waals surface area contributed by atoms with E-state index in [-0.39, 0.29) is 11.8 Å². The Morgan fingerprint density at radius 3 is 2.44 bits per heavy atom. The van der Waals surface area contributed by atoms with E-state index in [0.29, 0.717) is 26.0 Å². The fraction of sp³-hybridized carbons (Fsp3) is 0.846. The number of hydrogen-bond donors (Lipinski definition) is 2. The molecule has 1 saturated carbocycles. The van der Waals surface area contributed by atoms with Gasteiger partial charge in [0.2, 0.25) is 5.91 Å². The van der Waals surface area contributed by atoms with Gasteiger partial charge in [-0.1, -0.05) is 13.8 Å². The monoisotopic (exact) mass is 257 g/mol. The van der Waals surface area contributed by atoms with Crippen molar-refractivity contribution in [3.05, 3.63) is 0 Å². The molecule has 0 saturated heterocycles. The molecule has 2 N–H and O–H groups in total. The largest absolute Gasteiger partial charge is 0.481 e. The standard InChI is InChI=1S/C13H23NO4/c1-12(2)9(10(15)14-7-8-18-4)5-6-13(12,3)11(16)17/h9H,5-8H2,1-4H3,(H,14,15)(H,16,17)/t9-,13-/m0/s1. The minimum Gasteiger partial charge on any atom is -0.481 e. The van der Waals surface area contributed by atoms with Crippen molar-refractivity contribution in [1.82, 2.24) is 5.32 Å². The van der Waals surface area contributed by atoms with Gasteiger partial charge in [0.05, 0.1) is 12.0 Å². The van der Waals surface area contributed by atoms with E-state index < -0.39 is 16.8 Å². The van der Waals surface area contributed by atoms with Crippen LogP contribution in [0.3, 0.4) is 0 Å². The SMILES string of the molecule is COCCNC(=O)[C@@H]1CC[C@@](C)(C(=O)O)C1(C)C. The molecule has 1 aliphatic carbocycles. The van der Waals surface area contributed by atoms with Gasteiger partial charge in [0.25, 0.3) is 0 Å². The van der Waals surface area contributed by atoms with Crippen LogP contribution in [0.4, 0.5) is 0 Å². The number of carboxylic acid groups (broad SMARTS) is 1. The highest BCUT2D eigenvalue weighted by atomic mass is 16.5. The highest BCUT2D eigenvalue weighted by molar-refractivity contribution is 5.83. The molecule has 0 radical (unpaired) electrons. The van der Waals surface area contributed by atoms with E-state index >= 15 is 0 Å². The normalized spacial score (nSPS) is 30.1. The van der Waals surface area contributed by atoms with Crippen molar-refractivity contribution in [2.24, 2.45) is 16.7 Å². The summed E-state index contributed by atoms with van der Waals surface area (Å²) in [6.07, 6.45) is 1.16. The lowest BCUT2D eigenvalue weighted by atomic mass is 9.65. The van der Waals surface area contributed by atoms with Crippen molar-refractivity contribution in [1.29, 1.82) is 0 Å². The number of amides is 1. The van der Waals surface area contributed by atoms with Gasteiger partial charge in [-0.15, -0.1) is 0 Å². The predicted molar refractivity (Wildman–Crippen MR) is 67.1 cm³/mol. The minimum atomic E-state index is -0.837. The number of carboxylic acids is 1. The van der Waals surface area contributed by atoms with E-state index in [9.17, 15) is 14.7 Å². The first-order valence-electron chi connectivity index (χ1n) is 6.27. The average molecular weight is 257 g/mol. The first-order valence-corrected chi connectivity index (χ1v) is 6.27. The molecule has 0 bridgehead atoms. The Morgan fingerprint density at radius 1 is 1.39 bits per heavy atom. The van der Waals surface area contributed by atoms with Gasteiger partial charge in [0.15, 0.2) is 0 Å². The number of methoxy groups -OCH3 is 1. The van der Waals surface area contributed by atoms with Crippen LogP contribution in [0.25, 0.3) is 0 Å². The molecule has 0 aromatic rings. The zero-order valence-electron chi connectivity index (χ0n) is 11.6. The van der Waals surface area contributed by atoms with Gasteiger partial charge in [-0.3, -0.25) is 9.59 Å². The number of ether oxygens (including phenoxy) is 1. The fourth-order valence-corrected chi connectivity index (χ4v) is 2.74. The van der Waals surface area contributed by atoms with E-state index in [4.69, 9.17) is 4.74 Å². The molecule has 18 heavy (non-hydrogen) atoms. The minimum absolute atomic E-state index is 0.0676. The Balaban J connectivity index is 2.75. The molecule has 104 valence electrons. The maximum atomic E-state index is 12.1. The number of carbonyl (C=O) groups excluding carboxylic acids is 1. The number of carbonyl (C=O) groups is 2. The first kappa shape index (κ1) is 15.0. The molecule has 1 amide bonds. The van der Waals surface area contributed by atoms with Crippen molar-refractivity contribution in [2.75, 3.05) is 20.3 Å². The molecule has 1 rings (SSSR count). The van der Waals surface area contributed by atoms with E-state index in [1.807, 2.05) is 13.8 Å². The van der Waals surface area contributed by atoms with Crippen LogP contribution in [0.15, 0.2) is 0 Å². The van der Waals surface area contributed by atoms with Gasteiger partial charge < -0.3 is 15.2 Å². The summed E-state index contributed by atoms with van der Waals surface area (Å²) < 4.78 is 4.88. The Hall–Kier alpha value is -1.10. The fourth-order valence-electron chi connectivity index (χ4n) is 2.74. The molecule has 2 atom stereocenters. The van der Waals surface area contributed by atoms with Crippen LogP contribution in [0.2, 0.25) is 0 Å². The van der Waals surface area contributed by atoms with Crippen LogP contribution in [-0.2, 0) is 14.3 Å². The molecule has 0 aromatic heterocycles. The van der Waals surface area contributed by atoms with E-state index in [0.717, 1.165) is 0 Å². The Morgan fingerprint density at radius 2 is 2.00 bits per heavy atom. The van der Waals surface area contributed by atoms with Crippen molar-refractivity contribution in [3.8, 4) is 0 Å². The smallest absolute Gasteiger partial charge is 0.309 e. The second kappa shape index (κ2) is 5.26. The molecule has 0 unspecified atom stereocenters. The second-order valence-electron chi connectivity index (χ2n) is 5.73. The van der Waals surface area contributed by atoms with Crippen molar-refractivity contribution < 1.29 is 19.4 Å².